The highest BCUT2D eigenvalue weighted by molar-refractivity contribution is 5.26. The number of rotatable bonds is 1. The van der Waals surface area contributed by atoms with Crippen LogP contribution in [0.15, 0.2) is 12.3 Å². The Hall–Kier alpha value is -0.890. The average molecular weight is 137 g/mol. The second kappa shape index (κ2) is 2.80. The van der Waals surface area contributed by atoms with Gasteiger partial charge < -0.3 is 5.11 Å². The van der Waals surface area contributed by atoms with Crippen LogP contribution in [0.5, 0.6) is 0 Å². The van der Waals surface area contributed by atoms with Gasteiger partial charge in [0.2, 0.25) is 0 Å². The Bertz CT molecular complexity index is 233. The molecule has 1 rings (SSSR count). The molecule has 2 nitrogen and oxygen atoms in total. The molecule has 0 aliphatic carbocycles. The van der Waals surface area contributed by atoms with Gasteiger partial charge in [0.15, 0.2) is 0 Å². The molecule has 0 saturated heterocycles. The summed E-state index contributed by atoms with van der Waals surface area (Å²) in [4.78, 5) is 4.08. The third-order valence-electron chi connectivity index (χ3n) is 1.74. The monoisotopic (exact) mass is 137 g/mol. The van der Waals surface area contributed by atoms with E-state index in [0.717, 1.165) is 16.8 Å². The van der Waals surface area contributed by atoms with Crippen LogP contribution in [-0.4, -0.2) is 10.1 Å². The molecule has 1 aromatic heterocycles. The van der Waals surface area contributed by atoms with Gasteiger partial charge in [-0.2, -0.15) is 0 Å². The lowest BCUT2D eigenvalue weighted by Gasteiger charge is -2.02. The molecular formula is C8H11NO. The molecule has 0 amide bonds. The molecule has 0 saturated carbocycles. The Morgan fingerprint density at radius 2 is 2.20 bits per heavy atom. The van der Waals surface area contributed by atoms with Crippen LogP contribution in [0.2, 0.25) is 0 Å². The number of nitrogens with zero attached hydrogens (tertiary/aromatic N) is 1. The number of pyridine rings is 1. The third-order valence-corrected chi connectivity index (χ3v) is 1.74. The van der Waals surface area contributed by atoms with Gasteiger partial charge in [-0.1, -0.05) is 0 Å². The van der Waals surface area contributed by atoms with Gasteiger partial charge in [-0.05, 0) is 31.0 Å². The molecular weight excluding hydrogens is 126 g/mol. The molecule has 0 atom stereocenters. The number of hydrogen-bond acceptors (Lipinski definition) is 2. The van der Waals surface area contributed by atoms with Gasteiger partial charge in [0.1, 0.15) is 0 Å². The molecule has 0 aromatic carbocycles. The van der Waals surface area contributed by atoms with Crippen LogP contribution in [0.1, 0.15) is 16.8 Å². The van der Waals surface area contributed by atoms with Crippen molar-refractivity contribution in [3.63, 3.8) is 0 Å². The molecule has 0 aliphatic rings. The zero-order valence-corrected chi connectivity index (χ0v) is 6.26. The molecule has 0 unspecified atom stereocenters. The van der Waals surface area contributed by atoms with E-state index in [9.17, 15) is 0 Å². The molecule has 1 aromatic rings. The Morgan fingerprint density at radius 1 is 1.50 bits per heavy atom. The maximum Gasteiger partial charge on any atom is 0.0685 e. The number of aromatic nitrogens is 1. The first-order chi connectivity index (χ1) is 4.75. The van der Waals surface area contributed by atoms with Gasteiger partial charge in [0, 0.05) is 11.9 Å². The summed E-state index contributed by atoms with van der Waals surface area (Å²) < 4.78 is 0. The molecule has 0 spiro atoms. The van der Waals surface area contributed by atoms with Crippen LogP contribution in [0.4, 0.5) is 0 Å². The lowest BCUT2D eigenvalue weighted by molar-refractivity contribution is 0.281. The van der Waals surface area contributed by atoms with Crippen molar-refractivity contribution in [1.29, 1.82) is 0 Å². The van der Waals surface area contributed by atoms with Crippen molar-refractivity contribution in [3.8, 4) is 0 Å². The van der Waals surface area contributed by atoms with Crippen molar-refractivity contribution < 1.29 is 5.11 Å². The van der Waals surface area contributed by atoms with E-state index in [0.29, 0.717) is 0 Å². The smallest absolute Gasteiger partial charge is 0.0685 e. The van der Waals surface area contributed by atoms with Crippen molar-refractivity contribution in [1.82, 2.24) is 4.98 Å². The SMILES string of the molecule is Cc1nccc(CO)c1C. The largest absolute Gasteiger partial charge is 0.392 e. The van der Waals surface area contributed by atoms with Gasteiger partial charge in [0.05, 0.1) is 6.61 Å². The highest BCUT2D eigenvalue weighted by Gasteiger charge is 1.97. The highest BCUT2D eigenvalue weighted by atomic mass is 16.3. The summed E-state index contributed by atoms with van der Waals surface area (Å²) in [5.41, 5.74) is 3.05. The lowest BCUT2D eigenvalue weighted by Crippen LogP contribution is -1.93. The molecule has 1 N–H and O–H groups in total. The third kappa shape index (κ3) is 1.16. The summed E-state index contributed by atoms with van der Waals surface area (Å²) in [5.74, 6) is 0. The van der Waals surface area contributed by atoms with Crippen molar-refractivity contribution >= 4 is 0 Å². The molecule has 0 aliphatic heterocycles. The number of hydrogen-bond donors (Lipinski definition) is 1. The predicted molar refractivity (Wildman–Crippen MR) is 39.6 cm³/mol. The summed E-state index contributed by atoms with van der Waals surface area (Å²) in [7, 11) is 0. The quantitative estimate of drug-likeness (QED) is 0.630. The van der Waals surface area contributed by atoms with Crippen LogP contribution in [0.25, 0.3) is 0 Å². The molecule has 0 radical (unpaired) electrons. The highest BCUT2D eigenvalue weighted by Crippen LogP contribution is 2.08. The van der Waals surface area contributed by atoms with E-state index < -0.39 is 0 Å². The Labute approximate surface area is 60.5 Å². The van der Waals surface area contributed by atoms with E-state index in [1.54, 1.807) is 6.20 Å². The minimum atomic E-state index is 0.106. The van der Waals surface area contributed by atoms with Crippen LogP contribution in [-0.2, 0) is 6.61 Å². The topological polar surface area (TPSA) is 33.1 Å². The lowest BCUT2D eigenvalue weighted by atomic mass is 10.1. The van der Waals surface area contributed by atoms with Crippen molar-refractivity contribution in [2.45, 2.75) is 20.5 Å². The van der Waals surface area contributed by atoms with E-state index in [1.165, 1.54) is 0 Å². The minimum absolute atomic E-state index is 0.106. The van der Waals surface area contributed by atoms with Crippen LogP contribution >= 0.6 is 0 Å². The standard InChI is InChI=1S/C8H11NO/c1-6-7(2)9-4-3-8(6)5-10/h3-4,10H,5H2,1-2H3. The van der Waals surface area contributed by atoms with Crippen LogP contribution in [0, 0.1) is 13.8 Å². The Morgan fingerprint density at radius 3 is 2.70 bits per heavy atom. The van der Waals surface area contributed by atoms with Gasteiger partial charge in [0.25, 0.3) is 0 Å². The molecule has 0 fully saturated rings. The number of aryl methyl sites for hydroxylation is 1. The van der Waals surface area contributed by atoms with Crippen molar-refractivity contribution in [3.05, 3.63) is 29.1 Å². The summed E-state index contributed by atoms with van der Waals surface area (Å²) >= 11 is 0. The second-order valence-corrected chi connectivity index (χ2v) is 2.34. The normalized spacial score (nSPS) is 9.90. The van der Waals surface area contributed by atoms with E-state index >= 15 is 0 Å². The average Bonchev–Trinajstić information content (AvgIpc) is 1.95. The zero-order chi connectivity index (χ0) is 7.56. The van der Waals surface area contributed by atoms with E-state index in [1.807, 2.05) is 19.9 Å². The molecule has 2 heteroatoms. The first-order valence-electron chi connectivity index (χ1n) is 3.27. The maximum absolute atomic E-state index is 8.82. The first-order valence-corrected chi connectivity index (χ1v) is 3.27. The summed E-state index contributed by atoms with van der Waals surface area (Å²) in [6, 6.07) is 1.84. The Kier molecular flexibility index (Phi) is 2.02. The fraction of sp³-hybridized carbons (Fsp3) is 0.375. The van der Waals surface area contributed by atoms with Gasteiger partial charge >= 0.3 is 0 Å². The molecule has 54 valence electrons. The number of aliphatic hydroxyl groups is 1. The van der Waals surface area contributed by atoms with Gasteiger partial charge in [-0.15, -0.1) is 0 Å². The van der Waals surface area contributed by atoms with Gasteiger partial charge in [-0.25, -0.2) is 0 Å². The second-order valence-electron chi connectivity index (χ2n) is 2.34. The zero-order valence-electron chi connectivity index (χ0n) is 6.26. The van der Waals surface area contributed by atoms with Crippen molar-refractivity contribution in [2.75, 3.05) is 0 Å². The minimum Gasteiger partial charge on any atom is -0.392 e. The molecule has 1 heterocycles. The summed E-state index contributed by atoms with van der Waals surface area (Å²) in [5, 5.41) is 8.82. The van der Waals surface area contributed by atoms with Gasteiger partial charge in [-0.3, -0.25) is 4.98 Å². The Balaban J connectivity index is 3.14. The van der Waals surface area contributed by atoms with E-state index in [2.05, 4.69) is 4.98 Å². The molecule has 0 bridgehead atoms. The fourth-order valence-corrected chi connectivity index (χ4v) is 0.865. The van der Waals surface area contributed by atoms with Crippen LogP contribution < -0.4 is 0 Å². The summed E-state index contributed by atoms with van der Waals surface area (Å²) in [6.45, 7) is 4.01. The van der Waals surface area contributed by atoms with Crippen LogP contribution in [0.3, 0.4) is 0 Å². The number of aliphatic hydroxyl groups excluding tert-OH is 1. The molecule has 10 heavy (non-hydrogen) atoms. The predicted octanol–water partition coefficient (Wildman–Crippen LogP) is 1.19. The summed E-state index contributed by atoms with van der Waals surface area (Å²) in [6.07, 6.45) is 1.72. The maximum atomic E-state index is 8.82. The first kappa shape index (κ1) is 7.22. The van der Waals surface area contributed by atoms with E-state index in [-0.39, 0.29) is 6.61 Å². The van der Waals surface area contributed by atoms with E-state index in [4.69, 9.17) is 5.11 Å². The fourth-order valence-electron chi connectivity index (χ4n) is 0.865. The van der Waals surface area contributed by atoms with Crippen molar-refractivity contribution in [2.24, 2.45) is 0 Å².